The molecule has 1 atom stereocenters. The molecule has 0 bridgehead atoms. The van der Waals surface area contributed by atoms with Gasteiger partial charge in [-0.15, -0.1) is 0 Å². The quantitative estimate of drug-likeness (QED) is 0.921. The molecule has 0 aliphatic heterocycles. The van der Waals surface area contributed by atoms with Crippen LogP contribution in [0.25, 0.3) is 0 Å². The highest BCUT2D eigenvalue weighted by molar-refractivity contribution is 6.31. The zero-order valence-electron chi connectivity index (χ0n) is 11.4. The number of methoxy groups -OCH3 is 1. The smallest absolute Gasteiger partial charge is 0.124 e. The summed E-state index contributed by atoms with van der Waals surface area (Å²) in [6.07, 6.45) is -0.452. The maximum Gasteiger partial charge on any atom is 0.124 e. The molecular weight excluding hydrogens is 279 g/mol. The number of rotatable bonds is 4. The van der Waals surface area contributed by atoms with E-state index in [1.165, 1.54) is 12.1 Å². The number of benzene rings is 2. The van der Waals surface area contributed by atoms with E-state index in [2.05, 4.69) is 0 Å². The maximum absolute atomic E-state index is 13.0. The fraction of sp³-hybridized carbons (Fsp3) is 0.250. The molecule has 2 nitrogen and oxygen atoms in total. The van der Waals surface area contributed by atoms with Crippen molar-refractivity contribution in [1.82, 2.24) is 0 Å². The van der Waals surface area contributed by atoms with E-state index in [-0.39, 0.29) is 5.82 Å². The van der Waals surface area contributed by atoms with Crippen LogP contribution >= 0.6 is 11.6 Å². The molecule has 0 aromatic heterocycles. The number of aliphatic hydroxyl groups excluding tert-OH is 1. The van der Waals surface area contributed by atoms with Crippen molar-refractivity contribution in [3.05, 3.63) is 63.9 Å². The third-order valence-electron chi connectivity index (χ3n) is 3.17. The number of hydrogen-bond donors (Lipinski definition) is 1. The van der Waals surface area contributed by atoms with Crippen molar-refractivity contribution in [3.63, 3.8) is 0 Å². The summed E-state index contributed by atoms with van der Waals surface area (Å²) >= 11 is 5.98. The van der Waals surface area contributed by atoms with Crippen molar-refractivity contribution in [3.8, 4) is 5.75 Å². The Morgan fingerprint density at radius 2 is 2.00 bits per heavy atom. The Bertz CT molecular complexity index is 613. The van der Waals surface area contributed by atoms with Crippen LogP contribution in [0.4, 0.5) is 4.39 Å². The van der Waals surface area contributed by atoms with Crippen molar-refractivity contribution in [1.29, 1.82) is 0 Å². The van der Waals surface area contributed by atoms with Crippen molar-refractivity contribution < 1.29 is 14.2 Å². The molecule has 0 radical (unpaired) electrons. The van der Waals surface area contributed by atoms with Gasteiger partial charge in [0.05, 0.1) is 13.2 Å². The van der Waals surface area contributed by atoms with E-state index in [0.717, 1.165) is 5.56 Å². The summed E-state index contributed by atoms with van der Waals surface area (Å²) in [6, 6.07) is 9.78. The highest BCUT2D eigenvalue weighted by Gasteiger charge is 2.16. The lowest BCUT2D eigenvalue weighted by Crippen LogP contribution is -2.05. The maximum atomic E-state index is 13.0. The summed E-state index contributed by atoms with van der Waals surface area (Å²) in [4.78, 5) is 0. The van der Waals surface area contributed by atoms with Crippen LogP contribution < -0.4 is 4.74 Å². The summed E-state index contributed by atoms with van der Waals surface area (Å²) in [6.45, 7) is 1.94. The average molecular weight is 295 g/mol. The summed E-state index contributed by atoms with van der Waals surface area (Å²) < 4.78 is 18.3. The van der Waals surface area contributed by atoms with Crippen LogP contribution in [0.2, 0.25) is 5.02 Å². The van der Waals surface area contributed by atoms with Crippen molar-refractivity contribution in [2.75, 3.05) is 7.11 Å². The van der Waals surface area contributed by atoms with Crippen LogP contribution in [-0.4, -0.2) is 12.2 Å². The van der Waals surface area contributed by atoms with Gasteiger partial charge in [-0.3, -0.25) is 0 Å². The summed E-state index contributed by atoms with van der Waals surface area (Å²) in [5, 5.41) is 10.7. The molecule has 0 saturated heterocycles. The van der Waals surface area contributed by atoms with Crippen LogP contribution in [0.1, 0.15) is 22.8 Å². The van der Waals surface area contributed by atoms with Gasteiger partial charge in [-0.05, 0) is 36.8 Å². The largest absolute Gasteiger partial charge is 0.496 e. The number of halogens is 2. The van der Waals surface area contributed by atoms with Gasteiger partial charge in [0.1, 0.15) is 11.6 Å². The van der Waals surface area contributed by atoms with E-state index in [1.54, 1.807) is 13.2 Å². The molecule has 0 aliphatic rings. The Labute approximate surface area is 122 Å². The van der Waals surface area contributed by atoms with Gasteiger partial charge in [0.15, 0.2) is 0 Å². The molecule has 1 N–H and O–H groups in total. The first-order valence-corrected chi connectivity index (χ1v) is 6.65. The van der Waals surface area contributed by atoms with Crippen molar-refractivity contribution in [2.24, 2.45) is 0 Å². The molecule has 0 amide bonds. The van der Waals surface area contributed by atoms with Gasteiger partial charge in [-0.1, -0.05) is 29.3 Å². The molecule has 2 rings (SSSR count). The van der Waals surface area contributed by atoms with E-state index < -0.39 is 6.10 Å². The molecular formula is C16H16ClFO2. The first kappa shape index (κ1) is 14.8. The Balaban J connectivity index is 2.27. The molecule has 0 spiro atoms. The Morgan fingerprint density at radius 1 is 1.25 bits per heavy atom. The van der Waals surface area contributed by atoms with Crippen LogP contribution in [0.3, 0.4) is 0 Å². The van der Waals surface area contributed by atoms with E-state index in [4.69, 9.17) is 16.3 Å². The molecule has 20 heavy (non-hydrogen) atoms. The van der Waals surface area contributed by atoms with Gasteiger partial charge in [0, 0.05) is 17.0 Å². The molecule has 4 heteroatoms. The second-order valence-electron chi connectivity index (χ2n) is 4.70. The molecule has 2 aromatic rings. The monoisotopic (exact) mass is 294 g/mol. The standard InChI is InChI=1S/C16H16ClFO2/c1-10-3-6-16(20-2)13(7-10)15(19)8-11-4-5-12(18)9-14(11)17/h3-7,9,15,19H,8H2,1-2H3. The zero-order chi connectivity index (χ0) is 14.7. The fourth-order valence-electron chi connectivity index (χ4n) is 2.12. The summed E-state index contributed by atoms with van der Waals surface area (Å²) in [5.74, 6) is 0.239. The Hall–Kier alpha value is -1.58. The highest BCUT2D eigenvalue weighted by atomic mass is 35.5. The SMILES string of the molecule is COc1ccc(C)cc1C(O)Cc1ccc(F)cc1Cl. The van der Waals surface area contributed by atoms with E-state index in [9.17, 15) is 9.50 Å². The molecule has 0 saturated carbocycles. The van der Waals surface area contributed by atoms with Crippen LogP contribution in [0.15, 0.2) is 36.4 Å². The molecule has 0 fully saturated rings. The van der Waals surface area contributed by atoms with Gasteiger partial charge in [0.25, 0.3) is 0 Å². The number of aryl methyl sites for hydroxylation is 1. The van der Waals surface area contributed by atoms with E-state index in [1.807, 2.05) is 25.1 Å². The van der Waals surface area contributed by atoms with Gasteiger partial charge in [0.2, 0.25) is 0 Å². The first-order valence-electron chi connectivity index (χ1n) is 6.28. The predicted molar refractivity (Wildman–Crippen MR) is 77.8 cm³/mol. The average Bonchev–Trinajstić information content (AvgIpc) is 2.41. The van der Waals surface area contributed by atoms with Crippen molar-refractivity contribution >= 4 is 11.6 Å². The molecule has 0 heterocycles. The van der Waals surface area contributed by atoms with Crippen molar-refractivity contribution in [2.45, 2.75) is 19.4 Å². The van der Waals surface area contributed by atoms with Crippen LogP contribution in [0.5, 0.6) is 5.75 Å². The summed E-state index contributed by atoms with van der Waals surface area (Å²) in [7, 11) is 1.56. The lowest BCUT2D eigenvalue weighted by Gasteiger charge is -2.16. The van der Waals surface area contributed by atoms with E-state index >= 15 is 0 Å². The minimum atomic E-state index is -0.757. The first-order chi connectivity index (χ1) is 9.51. The lowest BCUT2D eigenvalue weighted by atomic mass is 9.99. The normalized spacial score (nSPS) is 12.2. The minimum absolute atomic E-state index is 0.304. The predicted octanol–water partition coefficient (Wildman–Crippen LogP) is 4.07. The Morgan fingerprint density at radius 3 is 2.65 bits per heavy atom. The number of hydrogen-bond acceptors (Lipinski definition) is 2. The molecule has 2 aromatic carbocycles. The zero-order valence-corrected chi connectivity index (χ0v) is 12.1. The highest BCUT2D eigenvalue weighted by Crippen LogP contribution is 2.30. The second kappa shape index (κ2) is 6.25. The third kappa shape index (κ3) is 3.30. The van der Waals surface area contributed by atoms with Crippen LogP contribution in [-0.2, 0) is 6.42 Å². The minimum Gasteiger partial charge on any atom is -0.496 e. The van der Waals surface area contributed by atoms with Gasteiger partial charge in [-0.2, -0.15) is 0 Å². The van der Waals surface area contributed by atoms with E-state index in [0.29, 0.717) is 28.3 Å². The fourth-order valence-corrected chi connectivity index (χ4v) is 2.36. The lowest BCUT2D eigenvalue weighted by molar-refractivity contribution is 0.174. The number of aliphatic hydroxyl groups is 1. The second-order valence-corrected chi connectivity index (χ2v) is 5.11. The molecule has 1 unspecified atom stereocenters. The van der Waals surface area contributed by atoms with Crippen LogP contribution in [0, 0.1) is 12.7 Å². The number of ether oxygens (including phenoxy) is 1. The molecule has 106 valence electrons. The third-order valence-corrected chi connectivity index (χ3v) is 3.52. The van der Waals surface area contributed by atoms with Gasteiger partial charge in [-0.25, -0.2) is 4.39 Å². The summed E-state index contributed by atoms with van der Waals surface area (Å²) in [5.41, 5.74) is 2.43. The van der Waals surface area contributed by atoms with Gasteiger partial charge >= 0.3 is 0 Å². The molecule has 0 aliphatic carbocycles. The Kier molecular flexibility index (Phi) is 4.63. The topological polar surface area (TPSA) is 29.5 Å². The van der Waals surface area contributed by atoms with Gasteiger partial charge < -0.3 is 9.84 Å².